The van der Waals surface area contributed by atoms with E-state index in [1.54, 1.807) is 35.3 Å². The standard InChI is InChI=1S/C12H14N2O3S/c1-17-11-5-4-10(9-14-7-3-6-13-14)12(8-11)18(2,15)16/h3-8H,9H2,1-2H3. The zero-order valence-electron chi connectivity index (χ0n) is 10.2. The van der Waals surface area contributed by atoms with Gasteiger partial charge in [0.1, 0.15) is 5.75 Å². The first-order valence-corrected chi connectivity index (χ1v) is 7.24. The molecule has 0 fully saturated rings. The van der Waals surface area contributed by atoms with Gasteiger partial charge in [0.25, 0.3) is 0 Å². The second-order valence-electron chi connectivity index (χ2n) is 3.95. The molecule has 2 aromatic rings. The van der Waals surface area contributed by atoms with Crippen molar-refractivity contribution >= 4 is 9.84 Å². The highest BCUT2D eigenvalue weighted by Gasteiger charge is 2.14. The zero-order valence-corrected chi connectivity index (χ0v) is 11.0. The Labute approximate surface area is 106 Å². The highest BCUT2D eigenvalue weighted by atomic mass is 32.2. The van der Waals surface area contributed by atoms with E-state index in [1.165, 1.54) is 19.4 Å². The predicted molar refractivity (Wildman–Crippen MR) is 67.4 cm³/mol. The monoisotopic (exact) mass is 266 g/mol. The van der Waals surface area contributed by atoms with Crippen LogP contribution in [0.15, 0.2) is 41.6 Å². The fourth-order valence-electron chi connectivity index (χ4n) is 1.71. The Morgan fingerprint density at radius 2 is 2.17 bits per heavy atom. The average molecular weight is 266 g/mol. The molecule has 1 aromatic carbocycles. The lowest BCUT2D eigenvalue weighted by molar-refractivity contribution is 0.413. The van der Waals surface area contributed by atoms with Gasteiger partial charge >= 0.3 is 0 Å². The van der Waals surface area contributed by atoms with Gasteiger partial charge in [-0.3, -0.25) is 4.68 Å². The summed E-state index contributed by atoms with van der Waals surface area (Å²) < 4.78 is 30.3. The van der Waals surface area contributed by atoms with Crippen molar-refractivity contribution in [2.75, 3.05) is 13.4 Å². The SMILES string of the molecule is COc1ccc(Cn2cccn2)c(S(C)(=O)=O)c1. The topological polar surface area (TPSA) is 61.2 Å². The van der Waals surface area contributed by atoms with Crippen LogP contribution < -0.4 is 4.74 Å². The molecule has 0 aliphatic rings. The number of hydrogen-bond acceptors (Lipinski definition) is 4. The van der Waals surface area contributed by atoms with E-state index in [1.807, 2.05) is 0 Å². The van der Waals surface area contributed by atoms with Crippen LogP contribution in [0.3, 0.4) is 0 Å². The molecule has 0 radical (unpaired) electrons. The van der Waals surface area contributed by atoms with Crippen LogP contribution in [0.4, 0.5) is 0 Å². The summed E-state index contributed by atoms with van der Waals surface area (Å²) in [6.07, 6.45) is 4.63. The van der Waals surface area contributed by atoms with Crippen LogP contribution in [0.5, 0.6) is 5.75 Å². The van der Waals surface area contributed by atoms with E-state index in [0.717, 1.165) is 0 Å². The van der Waals surface area contributed by atoms with Crippen LogP contribution in [0.1, 0.15) is 5.56 Å². The van der Waals surface area contributed by atoms with E-state index >= 15 is 0 Å². The maximum absolute atomic E-state index is 11.8. The summed E-state index contributed by atoms with van der Waals surface area (Å²) in [5.41, 5.74) is 0.696. The number of benzene rings is 1. The molecule has 1 aromatic heterocycles. The molecule has 0 spiro atoms. The number of aromatic nitrogens is 2. The Balaban J connectivity index is 2.46. The number of sulfone groups is 1. The van der Waals surface area contributed by atoms with Crippen molar-refractivity contribution in [2.45, 2.75) is 11.4 Å². The van der Waals surface area contributed by atoms with Gasteiger partial charge in [0, 0.05) is 18.6 Å². The van der Waals surface area contributed by atoms with Gasteiger partial charge in [0.15, 0.2) is 9.84 Å². The largest absolute Gasteiger partial charge is 0.497 e. The van der Waals surface area contributed by atoms with Crippen LogP contribution in [0, 0.1) is 0 Å². The molecule has 0 aliphatic carbocycles. The molecule has 0 saturated heterocycles. The van der Waals surface area contributed by atoms with Crippen molar-refractivity contribution in [3.63, 3.8) is 0 Å². The summed E-state index contributed by atoms with van der Waals surface area (Å²) in [6, 6.07) is 6.82. The zero-order chi connectivity index (χ0) is 13.2. The van der Waals surface area contributed by atoms with Gasteiger partial charge in [-0.25, -0.2) is 8.42 Å². The van der Waals surface area contributed by atoms with E-state index in [4.69, 9.17) is 4.74 Å². The van der Waals surface area contributed by atoms with Crippen LogP contribution in [0.25, 0.3) is 0 Å². The summed E-state index contributed by atoms with van der Waals surface area (Å²) in [5, 5.41) is 4.07. The number of hydrogen-bond donors (Lipinski definition) is 0. The normalized spacial score (nSPS) is 11.4. The maximum atomic E-state index is 11.8. The van der Waals surface area contributed by atoms with Gasteiger partial charge in [-0.15, -0.1) is 0 Å². The van der Waals surface area contributed by atoms with Crippen molar-refractivity contribution in [1.29, 1.82) is 0 Å². The van der Waals surface area contributed by atoms with Crippen LogP contribution in [0.2, 0.25) is 0 Å². The van der Waals surface area contributed by atoms with Crippen molar-refractivity contribution in [3.8, 4) is 5.75 Å². The lowest BCUT2D eigenvalue weighted by Gasteiger charge is -2.10. The molecule has 96 valence electrons. The molecule has 2 rings (SSSR count). The average Bonchev–Trinajstić information content (AvgIpc) is 2.81. The Morgan fingerprint density at radius 1 is 1.39 bits per heavy atom. The molecule has 0 saturated carbocycles. The van der Waals surface area contributed by atoms with Gasteiger partial charge in [0.05, 0.1) is 18.6 Å². The summed E-state index contributed by atoms with van der Waals surface area (Å²) in [5.74, 6) is 0.527. The van der Waals surface area contributed by atoms with Gasteiger partial charge in [-0.05, 0) is 23.8 Å². The molecule has 0 unspecified atom stereocenters. The van der Waals surface area contributed by atoms with Crippen molar-refractivity contribution in [2.24, 2.45) is 0 Å². The first kappa shape index (κ1) is 12.6. The van der Waals surface area contributed by atoms with Crippen LogP contribution >= 0.6 is 0 Å². The van der Waals surface area contributed by atoms with E-state index in [9.17, 15) is 8.42 Å². The van der Waals surface area contributed by atoms with Gasteiger partial charge in [-0.2, -0.15) is 5.10 Å². The number of rotatable bonds is 4. The van der Waals surface area contributed by atoms with Gasteiger partial charge in [0.2, 0.25) is 0 Å². The third kappa shape index (κ3) is 2.70. The van der Waals surface area contributed by atoms with E-state index < -0.39 is 9.84 Å². The third-order valence-electron chi connectivity index (χ3n) is 2.57. The smallest absolute Gasteiger partial charge is 0.175 e. The van der Waals surface area contributed by atoms with Crippen LogP contribution in [-0.4, -0.2) is 31.6 Å². The minimum atomic E-state index is -3.29. The second-order valence-corrected chi connectivity index (χ2v) is 5.93. The lowest BCUT2D eigenvalue weighted by Crippen LogP contribution is -2.07. The molecule has 0 bridgehead atoms. The third-order valence-corrected chi connectivity index (χ3v) is 3.74. The molecule has 0 atom stereocenters. The molecule has 0 amide bonds. The molecule has 0 aliphatic heterocycles. The predicted octanol–water partition coefficient (Wildman–Crippen LogP) is 1.34. The Hall–Kier alpha value is -1.82. The summed E-state index contributed by atoms with van der Waals surface area (Å²) in [6.45, 7) is 0.416. The molecule has 5 nitrogen and oxygen atoms in total. The van der Waals surface area contributed by atoms with Crippen molar-refractivity contribution in [3.05, 3.63) is 42.2 Å². The first-order chi connectivity index (χ1) is 8.50. The maximum Gasteiger partial charge on any atom is 0.175 e. The minimum Gasteiger partial charge on any atom is -0.497 e. The number of ether oxygens (including phenoxy) is 1. The minimum absolute atomic E-state index is 0.275. The number of nitrogens with zero attached hydrogens (tertiary/aromatic N) is 2. The summed E-state index contributed by atoms with van der Waals surface area (Å²) in [4.78, 5) is 0.275. The Kier molecular flexibility index (Phi) is 3.38. The lowest BCUT2D eigenvalue weighted by atomic mass is 10.2. The molecule has 0 N–H and O–H groups in total. The van der Waals surface area contributed by atoms with E-state index in [0.29, 0.717) is 17.9 Å². The van der Waals surface area contributed by atoms with Gasteiger partial charge in [-0.1, -0.05) is 6.07 Å². The molecule has 18 heavy (non-hydrogen) atoms. The van der Waals surface area contributed by atoms with Crippen molar-refractivity contribution in [1.82, 2.24) is 9.78 Å². The van der Waals surface area contributed by atoms with Gasteiger partial charge < -0.3 is 4.74 Å². The quantitative estimate of drug-likeness (QED) is 0.838. The van der Waals surface area contributed by atoms with Crippen LogP contribution in [-0.2, 0) is 16.4 Å². The Morgan fingerprint density at radius 3 is 2.72 bits per heavy atom. The highest BCUT2D eigenvalue weighted by molar-refractivity contribution is 7.90. The fraction of sp³-hybridized carbons (Fsp3) is 0.250. The fourth-order valence-corrected chi connectivity index (χ4v) is 2.65. The van der Waals surface area contributed by atoms with E-state index in [-0.39, 0.29) is 4.90 Å². The molecule has 1 heterocycles. The number of methoxy groups -OCH3 is 1. The second kappa shape index (κ2) is 4.81. The molecular weight excluding hydrogens is 252 g/mol. The molecule has 6 heteroatoms. The highest BCUT2D eigenvalue weighted by Crippen LogP contribution is 2.22. The Bertz CT molecular complexity index is 633. The van der Waals surface area contributed by atoms with E-state index in [2.05, 4.69) is 5.10 Å². The molecular formula is C12H14N2O3S. The summed E-state index contributed by atoms with van der Waals surface area (Å²) >= 11 is 0. The first-order valence-electron chi connectivity index (χ1n) is 5.35. The van der Waals surface area contributed by atoms with Crippen molar-refractivity contribution < 1.29 is 13.2 Å². The summed E-state index contributed by atoms with van der Waals surface area (Å²) in [7, 11) is -1.78.